The molecule has 4 heteroatoms. The molecule has 1 atom stereocenters. The highest BCUT2D eigenvalue weighted by molar-refractivity contribution is 6.08. The van der Waals surface area contributed by atoms with Crippen LogP contribution in [0.3, 0.4) is 0 Å². The summed E-state index contributed by atoms with van der Waals surface area (Å²) in [7, 11) is 0. The molecular weight excluding hydrogens is 452 g/mol. The van der Waals surface area contributed by atoms with Gasteiger partial charge in [0.15, 0.2) is 0 Å². The fourth-order valence-corrected chi connectivity index (χ4v) is 5.08. The van der Waals surface area contributed by atoms with E-state index in [1.54, 1.807) is 0 Å². The summed E-state index contributed by atoms with van der Waals surface area (Å²) in [6.07, 6.45) is 10.0. The van der Waals surface area contributed by atoms with Gasteiger partial charge in [0.25, 0.3) is 0 Å². The topological polar surface area (TPSA) is 44.8 Å². The molecule has 4 nitrogen and oxygen atoms in total. The number of para-hydroxylation sites is 1. The van der Waals surface area contributed by atoms with Gasteiger partial charge in [-0.1, -0.05) is 103 Å². The van der Waals surface area contributed by atoms with Crippen LogP contribution in [0.1, 0.15) is 17.3 Å². The van der Waals surface area contributed by atoms with Gasteiger partial charge < -0.3 is 5.32 Å². The SMILES string of the molecule is C1=CC(c2cccc(-n3c4ccccc4c4cnccc43)n2)[N-]C(c2ccc(-c3ccccc3)cc2)=C1. The van der Waals surface area contributed by atoms with Gasteiger partial charge in [-0.15, -0.1) is 5.70 Å². The molecule has 3 aromatic carbocycles. The summed E-state index contributed by atoms with van der Waals surface area (Å²) in [5.74, 6) is 0.877. The van der Waals surface area contributed by atoms with Gasteiger partial charge in [-0.3, -0.25) is 9.55 Å². The molecule has 0 aliphatic carbocycles. The van der Waals surface area contributed by atoms with Crippen LogP contribution in [0.15, 0.2) is 134 Å². The van der Waals surface area contributed by atoms with Gasteiger partial charge >= 0.3 is 0 Å². The van der Waals surface area contributed by atoms with Crippen LogP contribution in [-0.2, 0) is 0 Å². The van der Waals surface area contributed by atoms with Gasteiger partial charge in [-0.25, -0.2) is 4.98 Å². The van der Waals surface area contributed by atoms with Crippen LogP contribution < -0.4 is 0 Å². The lowest BCUT2D eigenvalue weighted by Crippen LogP contribution is -2.05. The molecular formula is C33H23N4-. The molecule has 4 heterocycles. The highest BCUT2D eigenvalue weighted by Gasteiger charge is 2.14. The van der Waals surface area contributed by atoms with Crippen molar-refractivity contribution in [2.45, 2.75) is 6.04 Å². The van der Waals surface area contributed by atoms with E-state index in [1.165, 1.54) is 16.5 Å². The number of pyridine rings is 2. The molecule has 6 aromatic rings. The number of fused-ring (bicyclic) bond motifs is 3. The Hall–Kier alpha value is -4.96. The van der Waals surface area contributed by atoms with Crippen LogP contribution in [0.4, 0.5) is 0 Å². The molecule has 0 radical (unpaired) electrons. The molecule has 0 saturated heterocycles. The lowest BCUT2D eigenvalue weighted by molar-refractivity contribution is 0.932. The van der Waals surface area contributed by atoms with E-state index in [4.69, 9.17) is 10.3 Å². The van der Waals surface area contributed by atoms with Crippen molar-refractivity contribution < 1.29 is 0 Å². The minimum Gasteiger partial charge on any atom is -0.673 e. The second-order valence-corrected chi connectivity index (χ2v) is 9.12. The van der Waals surface area contributed by atoms with Crippen LogP contribution >= 0.6 is 0 Å². The maximum atomic E-state index is 5.09. The first kappa shape index (κ1) is 21.3. The van der Waals surface area contributed by atoms with E-state index >= 15 is 0 Å². The highest BCUT2D eigenvalue weighted by Crippen LogP contribution is 2.37. The predicted molar refractivity (Wildman–Crippen MR) is 151 cm³/mol. The maximum Gasteiger partial charge on any atom is 0.137 e. The minimum atomic E-state index is -0.150. The zero-order chi connectivity index (χ0) is 24.6. The fraction of sp³-hybridized carbons (Fsp3) is 0.0303. The number of aromatic nitrogens is 3. The molecule has 1 aliphatic rings. The summed E-state index contributed by atoms with van der Waals surface area (Å²) in [5, 5.41) is 7.36. The largest absolute Gasteiger partial charge is 0.673 e. The van der Waals surface area contributed by atoms with E-state index in [0.29, 0.717) is 0 Å². The molecule has 3 aromatic heterocycles. The summed E-state index contributed by atoms with van der Waals surface area (Å²) in [6.45, 7) is 0. The van der Waals surface area contributed by atoms with Crippen molar-refractivity contribution >= 4 is 27.5 Å². The zero-order valence-corrected chi connectivity index (χ0v) is 20.1. The summed E-state index contributed by atoms with van der Waals surface area (Å²) >= 11 is 0. The number of nitrogens with zero attached hydrogens (tertiary/aromatic N) is 4. The standard InChI is InChI=1S/C33H23N4/c1-2-8-23(9-3-1)24-16-18-25(19-17-24)28-11-6-12-29(35-28)30-13-7-15-33(36-30)37-31-14-5-4-10-26(31)27-22-34-21-20-32(27)37/h1-22,29H/q-1. The molecule has 0 saturated carbocycles. The Morgan fingerprint density at radius 2 is 1.41 bits per heavy atom. The first-order valence-electron chi connectivity index (χ1n) is 12.4. The Bertz CT molecular complexity index is 1740. The molecule has 7 rings (SSSR count). The molecule has 0 N–H and O–H groups in total. The summed E-state index contributed by atoms with van der Waals surface area (Å²) in [4.78, 5) is 9.45. The maximum absolute atomic E-state index is 5.09. The highest BCUT2D eigenvalue weighted by atomic mass is 15.1. The lowest BCUT2D eigenvalue weighted by atomic mass is 10.0. The Kier molecular flexibility index (Phi) is 5.14. The Morgan fingerprint density at radius 3 is 2.30 bits per heavy atom. The van der Waals surface area contributed by atoms with Gasteiger partial charge in [-0.05, 0) is 41.0 Å². The number of rotatable bonds is 4. The lowest BCUT2D eigenvalue weighted by Gasteiger charge is -2.35. The minimum absolute atomic E-state index is 0.150. The van der Waals surface area contributed by atoms with Crippen molar-refractivity contribution in [1.29, 1.82) is 0 Å². The molecule has 0 bridgehead atoms. The second kappa shape index (κ2) is 8.92. The third kappa shape index (κ3) is 3.80. The van der Waals surface area contributed by atoms with Crippen LogP contribution in [0.25, 0.3) is 49.8 Å². The monoisotopic (exact) mass is 475 g/mol. The molecule has 0 amide bonds. The molecule has 0 spiro atoms. The number of hydrogen-bond acceptors (Lipinski definition) is 2. The summed E-state index contributed by atoms with van der Waals surface area (Å²) in [6, 6.07) is 35.5. The molecule has 1 aliphatic heterocycles. The van der Waals surface area contributed by atoms with E-state index < -0.39 is 0 Å². The van der Waals surface area contributed by atoms with Crippen molar-refractivity contribution in [3.05, 3.63) is 150 Å². The molecule has 37 heavy (non-hydrogen) atoms. The molecule has 176 valence electrons. The van der Waals surface area contributed by atoms with Crippen LogP contribution in [0.5, 0.6) is 0 Å². The summed E-state index contributed by atoms with van der Waals surface area (Å²) in [5.41, 5.74) is 7.59. The summed E-state index contributed by atoms with van der Waals surface area (Å²) < 4.78 is 2.21. The van der Waals surface area contributed by atoms with Gasteiger partial charge in [-0.2, -0.15) is 0 Å². The normalized spacial score (nSPS) is 15.0. The van der Waals surface area contributed by atoms with Gasteiger partial charge in [0.2, 0.25) is 0 Å². The average Bonchev–Trinajstić information content (AvgIpc) is 3.32. The number of allylic oxidation sites excluding steroid dienone is 2. The van der Waals surface area contributed by atoms with E-state index in [1.807, 2.05) is 18.5 Å². The fourth-order valence-electron chi connectivity index (χ4n) is 5.08. The Labute approximate surface area is 215 Å². The first-order valence-corrected chi connectivity index (χ1v) is 12.4. The third-order valence-electron chi connectivity index (χ3n) is 6.88. The van der Waals surface area contributed by atoms with Crippen molar-refractivity contribution in [3.8, 4) is 16.9 Å². The quantitative estimate of drug-likeness (QED) is 0.258. The van der Waals surface area contributed by atoms with Crippen LogP contribution in [-0.4, -0.2) is 14.5 Å². The number of benzene rings is 3. The smallest absolute Gasteiger partial charge is 0.137 e. The Morgan fingerprint density at radius 1 is 0.649 bits per heavy atom. The van der Waals surface area contributed by atoms with Gasteiger partial charge in [0, 0.05) is 28.9 Å². The van der Waals surface area contributed by atoms with E-state index in [2.05, 4.69) is 125 Å². The van der Waals surface area contributed by atoms with E-state index in [0.717, 1.165) is 39.2 Å². The Balaban J connectivity index is 1.21. The molecule has 0 fully saturated rings. The van der Waals surface area contributed by atoms with Crippen molar-refractivity contribution in [2.24, 2.45) is 0 Å². The van der Waals surface area contributed by atoms with Crippen LogP contribution in [0.2, 0.25) is 0 Å². The van der Waals surface area contributed by atoms with E-state index in [9.17, 15) is 0 Å². The van der Waals surface area contributed by atoms with E-state index in [-0.39, 0.29) is 6.04 Å². The predicted octanol–water partition coefficient (Wildman–Crippen LogP) is 8.27. The van der Waals surface area contributed by atoms with Crippen molar-refractivity contribution in [2.75, 3.05) is 0 Å². The molecule has 1 unspecified atom stereocenters. The zero-order valence-electron chi connectivity index (χ0n) is 20.1. The van der Waals surface area contributed by atoms with Crippen LogP contribution in [0, 0.1) is 0 Å². The van der Waals surface area contributed by atoms with Gasteiger partial charge in [0.1, 0.15) is 5.82 Å². The number of hydrogen-bond donors (Lipinski definition) is 0. The average molecular weight is 476 g/mol. The first-order chi connectivity index (χ1) is 18.3. The van der Waals surface area contributed by atoms with Crippen molar-refractivity contribution in [1.82, 2.24) is 14.5 Å². The third-order valence-corrected chi connectivity index (χ3v) is 6.88. The van der Waals surface area contributed by atoms with Gasteiger partial charge in [0.05, 0.1) is 11.0 Å². The van der Waals surface area contributed by atoms with Crippen molar-refractivity contribution in [3.63, 3.8) is 0 Å². The second-order valence-electron chi connectivity index (χ2n) is 9.12.